The van der Waals surface area contributed by atoms with Gasteiger partial charge in [-0.15, -0.1) is 0 Å². The molecule has 0 N–H and O–H groups in total. The molecule has 1 unspecified atom stereocenters. The van der Waals surface area contributed by atoms with Crippen LogP contribution in [0.4, 0.5) is 10.1 Å². The normalized spacial score (nSPS) is 12.7. The molecule has 0 spiro atoms. The minimum Gasteiger partial charge on any atom is -0.755 e. The highest BCUT2D eigenvalue weighted by Crippen LogP contribution is 2.32. The van der Waals surface area contributed by atoms with Gasteiger partial charge >= 0.3 is 5.97 Å². The Kier molecular flexibility index (Phi) is 8.26. The number of nitrogens with zero attached hydrogens (tertiary/aromatic N) is 1. The zero-order chi connectivity index (χ0) is 19.2. The zero-order valence-corrected chi connectivity index (χ0v) is 16.0. The number of carbonyl (C=O) groups excluding carboxylic acids is 1. The molecule has 1 aromatic carbocycles. The summed E-state index contributed by atoms with van der Waals surface area (Å²) in [5.41, 5.74) is -0.722. The lowest BCUT2D eigenvalue weighted by Gasteiger charge is -2.27. The minimum atomic E-state index is -3.27. The van der Waals surface area contributed by atoms with E-state index in [1.807, 2.05) is 0 Å². The molecule has 1 rings (SSSR count). The lowest BCUT2D eigenvalue weighted by atomic mass is 10.2. The summed E-state index contributed by atoms with van der Waals surface area (Å²) in [7, 11) is -2.24. The monoisotopic (exact) mass is 414 g/mol. The number of rotatable bonds is 9. The maximum Gasteiger partial charge on any atom is 0.342 e. The van der Waals surface area contributed by atoms with E-state index in [2.05, 4.69) is 4.74 Å². The molecular formula is C14H18ClFNO6S2-. The molecule has 142 valence electrons. The Labute approximate surface area is 153 Å². The highest BCUT2D eigenvalue weighted by atomic mass is 35.5. The number of halogens is 2. The molecule has 0 radical (unpaired) electrons. The Morgan fingerprint density at radius 3 is 2.56 bits per heavy atom. The second kappa shape index (κ2) is 9.46. The van der Waals surface area contributed by atoms with Crippen molar-refractivity contribution in [2.75, 3.05) is 29.5 Å². The summed E-state index contributed by atoms with van der Waals surface area (Å²) < 4.78 is 65.4. The van der Waals surface area contributed by atoms with E-state index in [-0.39, 0.29) is 30.2 Å². The molecule has 1 atom stereocenters. The highest BCUT2D eigenvalue weighted by Gasteiger charge is 2.23. The molecular weight excluding hydrogens is 397 g/mol. The third-order valence-electron chi connectivity index (χ3n) is 3.24. The Bertz CT molecular complexity index is 756. The van der Waals surface area contributed by atoms with Gasteiger partial charge in [0.05, 0.1) is 23.6 Å². The van der Waals surface area contributed by atoms with E-state index in [9.17, 15) is 26.4 Å². The molecule has 0 heterocycles. The number of esters is 1. The maximum absolute atomic E-state index is 13.8. The van der Waals surface area contributed by atoms with E-state index >= 15 is 0 Å². The van der Waals surface area contributed by atoms with Gasteiger partial charge in [0.25, 0.3) is 0 Å². The van der Waals surface area contributed by atoms with Gasteiger partial charge in [-0.3, -0.25) is 4.21 Å². The molecule has 25 heavy (non-hydrogen) atoms. The summed E-state index contributed by atoms with van der Waals surface area (Å²) in [6, 6.07) is 1.99. The van der Waals surface area contributed by atoms with Crippen LogP contribution >= 0.6 is 11.6 Å². The number of methoxy groups -OCH3 is 1. The summed E-state index contributed by atoms with van der Waals surface area (Å²) in [6.45, 7) is 1.54. The molecule has 0 aliphatic rings. The number of ether oxygens (including phenoxy) is 1. The number of hydrogen-bond donors (Lipinski definition) is 0. The van der Waals surface area contributed by atoms with E-state index in [0.717, 1.165) is 23.5 Å². The van der Waals surface area contributed by atoms with Crippen molar-refractivity contribution in [1.82, 2.24) is 0 Å². The van der Waals surface area contributed by atoms with Crippen molar-refractivity contribution in [2.45, 2.75) is 19.8 Å². The maximum atomic E-state index is 13.8. The largest absolute Gasteiger partial charge is 0.755 e. The first kappa shape index (κ1) is 21.8. The predicted octanol–water partition coefficient (Wildman–Crippen LogP) is 2.08. The Hall–Kier alpha value is -1.23. The van der Waals surface area contributed by atoms with Gasteiger partial charge in [0.15, 0.2) is 0 Å². The van der Waals surface area contributed by atoms with Crippen molar-refractivity contribution in [1.29, 1.82) is 0 Å². The van der Waals surface area contributed by atoms with Crippen LogP contribution in [0.2, 0.25) is 5.02 Å². The van der Waals surface area contributed by atoms with E-state index in [4.69, 9.17) is 11.6 Å². The molecule has 0 aliphatic carbocycles. The minimum absolute atomic E-state index is 0.0112. The molecule has 0 amide bonds. The van der Waals surface area contributed by atoms with Gasteiger partial charge in [-0.2, -0.15) is 0 Å². The Morgan fingerprint density at radius 1 is 1.40 bits per heavy atom. The summed E-state index contributed by atoms with van der Waals surface area (Å²) in [4.78, 5) is 11.6. The molecule has 0 saturated carbocycles. The van der Waals surface area contributed by atoms with Gasteiger partial charge in [0.2, 0.25) is 0 Å². The topological polar surface area (TPSA) is 104 Å². The zero-order valence-electron chi connectivity index (χ0n) is 13.7. The SMILES string of the molecule is CCCS(=O)(=O)CCCN(c1ccc(F)c(C(=O)OC)c1Cl)S(=O)[O-]. The number of anilines is 1. The number of benzene rings is 1. The lowest BCUT2D eigenvalue weighted by molar-refractivity contribution is 0.0595. The quantitative estimate of drug-likeness (QED) is 0.452. The summed E-state index contributed by atoms with van der Waals surface area (Å²) in [5.74, 6) is -2.19. The van der Waals surface area contributed by atoms with Crippen molar-refractivity contribution in [3.05, 3.63) is 28.5 Å². The Morgan fingerprint density at radius 2 is 2.04 bits per heavy atom. The summed E-state index contributed by atoms with van der Waals surface area (Å²) >= 11 is 3.17. The van der Waals surface area contributed by atoms with Gasteiger partial charge < -0.3 is 13.6 Å². The first-order valence-corrected chi connectivity index (χ1v) is 10.5. The fraction of sp³-hybridized carbons (Fsp3) is 0.500. The second-order valence-electron chi connectivity index (χ2n) is 5.07. The average molecular weight is 415 g/mol. The summed E-state index contributed by atoms with van der Waals surface area (Å²) in [6.07, 6.45) is 0.489. The van der Waals surface area contributed by atoms with Crippen LogP contribution in [-0.4, -0.2) is 48.3 Å². The molecule has 1 aromatic rings. The van der Waals surface area contributed by atoms with Crippen LogP contribution in [0.15, 0.2) is 12.1 Å². The van der Waals surface area contributed by atoms with Gasteiger partial charge in [-0.25, -0.2) is 17.6 Å². The van der Waals surface area contributed by atoms with Crippen LogP contribution in [0.3, 0.4) is 0 Å². The van der Waals surface area contributed by atoms with E-state index < -0.39 is 43.5 Å². The van der Waals surface area contributed by atoms with Crippen molar-refractivity contribution in [2.24, 2.45) is 0 Å². The predicted molar refractivity (Wildman–Crippen MR) is 92.6 cm³/mol. The standard InChI is InChI=1S/C14H19ClFNO6S2/c1-3-8-25(21,22)9-4-7-17(24(19)20)11-6-5-10(16)12(13(11)15)14(18)23-2/h5-6H,3-4,7-9H2,1-2H3,(H,19,20)/p-1. The first-order chi connectivity index (χ1) is 11.6. The van der Waals surface area contributed by atoms with Crippen LogP contribution in [0, 0.1) is 5.82 Å². The van der Waals surface area contributed by atoms with Crippen molar-refractivity contribution in [3.8, 4) is 0 Å². The van der Waals surface area contributed by atoms with Gasteiger partial charge in [-0.1, -0.05) is 18.5 Å². The fourth-order valence-electron chi connectivity index (χ4n) is 2.14. The van der Waals surface area contributed by atoms with Crippen LogP contribution in [-0.2, 0) is 25.8 Å². The first-order valence-electron chi connectivity index (χ1n) is 7.28. The highest BCUT2D eigenvalue weighted by molar-refractivity contribution is 7.91. The molecule has 0 saturated heterocycles. The number of carbonyl (C=O) groups is 1. The fourth-order valence-corrected chi connectivity index (χ4v) is 4.51. The van der Waals surface area contributed by atoms with Gasteiger partial charge in [0, 0.05) is 23.6 Å². The van der Waals surface area contributed by atoms with Crippen molar-refractivity contribution in [3.63, 3.8) is 0 Å². The lowest BCUT2D eigenvalue weighted by Crippen LogP contribution is -2.29. The van der Waals surface area contributed by atoms with E-state index in [1.54, 1.807) is 6.92 Å². The van der Waals surface area contributed by atoms with E-state index in [0.29, 0.717) is 6.42 Å². The summed E-state index contributed by atoms with van der Waals surface area (Å²) in [5, 5.41) is -0.424. The molecule has 0 aromatic heterocycles. The van der Waals surface area contributed by atoms with Gasteiger partial charge in [-0.05, 0) is 25.0 Å². The van der Waals surface area contributed by atoms with Crippen LogP contribution < -0.4 is 4.31 Å². The number of sulfone groups is 1. The van der Waals surface area contributed by atoms with Crippen LogP contribution in [0.25, 0.3) is 0 Å². The smallest absolute Gasteiger partial charge is 0.342 e. The molecule has 0 aliphatic heterocycles. The molecule has 7 nitrogen and oxygen atoms in total. The van der Waals surface area contributed by atoms with Crippen molar-refractivity contribution < 1.29 is 31.1 Å². The average Bonchev–Trinajstić information content (AvgIpc) is 2.52. The third-order valence-corrected chi connectivity index (χ3v) is 6.30. The third kappa shape index (κ3) is 5.91. The van der Waals surface area contributed by atoms with Crippen LogP contribution in [0.1, 0.15) is 30.1 Å². The van der Waals surface area contributed by atoms with E-state index in [1.165, 1.54) is 0 Å². The molecule has 0 fully saturated rings. The number of hydrogen-bond acceptors (Lipinski definition) is 6. The Balaban J connectivity index is 3.08. The van der Waals surface area contributed by atoms with Crippen molar-refractivity contribution >= 4 is 44.4 Å². The van der Waals surface area contributed by atoms with Crippen LogP contribution in [0.5, 0.6) is 0 Å². The molecule has 0 bridgehead atoms. The van der Waals surface area contributed by atoms with Gasteiger partial charge in [0.1, 0.15) is 21.2 Å². The molecule has 11 heteroatoms. The second-order valence-corrected chi connectivity index (χ2v) is 8.63.